The summed E-state index contributed by atoms with van der Waals surface area (Å²) in [6.45, 7) is 4.63. The fraction of sp³-hybridized carbons (Fsp3) is 0.500. The second-order valence-corrected chi connectivity index (χ2v) is 5.85. The van der Waals surface area contributed by atoms with Crippen LogP contribution in [0.4, 0.5) is 11.5 Å². The highest BCUT2D eigenvalue weighted by Crippen LogP contribution is 2.36. The minimum Gasteiger partial charge on any atom is -0.399 e. The number of nitrogens with two attached hydrogens (primary N) is 1. The first kappa shape index (κ1) is 13.2. The molecule has 1 aromatic heterocycles. The van der Waals surface area contributed by atoms with Gasteiger partial charge < -0.3 is 11.1 Å². The van der Waals surface area contributed by atoms with E-state index in [1.807, 2.05) is 18.2 Å². The summed E-state index contributed by atoms with van der Waals surface area (Å²) in [5.41, 5.74) is 7.46. The Hall–Kier alpha value is -1.84. The van der Waals surface area contributed by atoms with Crippen molar-refractivity contribution in [3.8, 4) is 0 Å². The van der Waals surface area contributed by atoms with E-state index in [0.29, 0.717) is 12.0 Å². The van der Waals surface area contributed by atoms with Gasteiger partial charge in [-0.3, -0.25) is 0 Å². The molecule has 3 unspecified atom stereocenters. The van der Waals surface area contributed by atoms with Crippen molar-refractivity contribution in [2.24, 2.45) is 11.8 Å². The third kappa shape index (κ3) is 2.30. The Labute approximate surface area is 119 Å². The molecule has 0 spiro atoms. The lowest BCUT2D eigenvalue weighted by atomic mass is 9.93. The maximum atomic E-state index is 5.82. The van der Waals surface area contributed by atoms with Gasteiger partial charge in [-0.25, -0.2) is 9.97 Å². The van der Waals surface area contributed by atoms with Crippen LogP contribution in [0.15, 0.2) is 24.5 Å². The Balaban J connectivity index is 1.88. The van der Waals surface area contributed by atoms with E-state index in [1.165, 1.54) is 19.3 Å². The number of benzene rings is 1. The summed E-state index contributed by atoms with van der Waals surface area (Å²) < 4.78 is 0. The summed E-state index contributed by atoms with van der Waals surface area (Å²) in [4.78, 5) is 8.72. The molecule has 0 bridgehead atoms. The normalized spacial score (nSPS) is 26.0. The number of aromatic nitrogens is 2. The van der Waals surface area contributed by atoms with Crippen molar-refractivity contribution in [2.45, 2.75) is 39.2 Å². The van der Waals surface area contributed by atoms with Crippen molar-refractivity contribution in [3.05, 3.63) is 24.5 Å². The third-order valence-electron chi connectivity index (χ3n) is 4.73. The van der Waals surface area contributed by atoms with Crippen molar-refractivity contribution in [3.63, 3.8) is 0 Å². The van der Waals surface area contributed by atoms with Gasteiger partial charge in [0.05, 0.1) is 5.52 Å². The van der Waals surface area contributed by atoms with Crippen molar-refractivity contribution < 1.29 is 0 Å². The van der Waals surface area contributed by atoms with Gasteiger partial charge in [-0.2, -0.15) is 0 Å². The fourth-order valence-electron chi connectivity index (χ4n) is 3.39. The minimum atomic E-state index is 0.510. The second kappa shape index (κ2) is 5.27. The van der Waals surface area contributed by atoms with Crippen LogP contribution in [0.3, 0.4) is 0 Å². The molecule has 1 aliphatic rings. The molecule has 3 rings (SSSR count). The monoisotopic (exact) mass is 270 g/mol. The van der Waals surface area contributed by atoms with E-state index in [4.69, 9.17) is 5.73 Å². The Morgan fingerprint density at radius 1 is 1.30 bits per heavy atom. The van der Waals surface area contributed by atoms with Crippen molar-refractivity contribution in [1.82, 2.24) is 9.97 Å². The van der Waals surface area contributed by atoms with Gasteiger partial charge in [0.2, 0.25) is 0 Å². The second-order valence-electron chi connectivity index (χ2n) is 5.85. The zero-order valence-electron chi connectivity index (χ0n) is 12.1. The molecule has 3 N–H and O–H groups in total. The number of hydrogen-bond donors (Lipinski definition) is 2. The molecular weight excluding hydrogens is 248 g/mol. The smallest absolute Gasteiger partial charge is 0.137 e. The molecule has 4 nitrogen and oxygen atoms in total. The van der Waals surface area contributed by atoms with Gasteiger partial charge in [0, 0.05) is 17.1 Å². The topological polar surface area (TPSA) is 63.8 Å². The molecule has 0 aliphatic heterocycles. The molecule has 20 heavy (non-hydrogen) atoms. The number of nitrogens with one attached hydrogen (secondary N) is 1. The van der Waals surface area contributed by atoms with E-state index in [2.05, 4.69) is 29.1 Å². The van der Waals surface area contributed by atoms with Crippen molar-refractivity contribution in [2.75, 3.05) is 11.1 Å². The van der Waals surface area contributed by atoms with Gasteiger partial charge in [-0.15, -0.1) is 0 Å². The molecule has 3 atom stereocenters. The average Bonchev–Trinajstić information content (AvgIpc) is 2.79. The van der Waals surface area contributed by atoms with Crippen molar-refractivity contribution in [1.29, 1.82) is 0 Å². The fourth-order valence-corrected chi connectivity index (χ4v) is 3.39. The summed E-state index contributed by atoms with van der Waals surface area (Å²) in [5.74, 6) is 2.46. The maximum absolute atomic E-state index is 5.82. The van der Waals surface area contributed by atoms with Crippen LogP contribution in [0, 0.1) is 11.8 Å². The first-order valence-electron chi connectivity index (χ1n) is 7.45. The Bertz CT molecular complexity index is 610. The molecule has 1 heterocycles. The lowest BCUT2D eigenvalue weighted by Gasteiger charge is -2.22. The van der Waals surface area contributed by atoms with Crippen LogP contribution >= 0.6 is 0 Å². The highest BCUT2D eigenvalue weighted by molar-refractivity contribution is 5.90. The standard InChI is InChI=1S/C16H22N4/c1-3-11-4-7-14(10(11)2)20-16-13-6-5-12(17)8-15(13)18-9-19-16/h5-6,8-11,14H,3-4,7,17H2,1-2H3,(H,18,19,20). The Morgan fingerprint density at radius 3 is 2.90 bits per heavy atom. The predicted molar refractivity (Wildman–Crippen MR) is 83.5 cm³/mol. The van der Waals surface area contributed by atoms with Gasteiger partial charge in [0.1, 0.15) is 12.1 Å². The molecule has 1 saturated carbocycles. The summed E-state index contributed by atoms with van der Waals surface area (Å²) >= 11 is 0. The highest BCUT2D eigenvalue weighted by Gasteiger charge is 2.31. The van der Waals surface area contributed by atoms with Crippen LogP contribution in [0.1, 0.15) is 33.1 Å². The average molecular weight is 270 g/mol. The Kier molecular flexibility index (Phi) is 3.47. The van der Waals surface area contributed by atoms with E-state index < -0.39 is 0 Å². The molecule has 1 aromatic carbocycles. The van der Waals surface area contributed by atoms with Crippen LogP contribution in [0.25, 0.3) is 10.9 Å². The predicted octanol–water partition coefficient (Wildman–Crippen LogP) is 3.45. The number of fused-ring (bicyclic) bond motifs is 1. The summed E-state index contributed by atoms with van der Waals surface area (Å²) in [5, 5.41) is 4.68. The number of hydrogen-bond acceptors (Lipinski definition) is 4. The first-order valence-corrected chi connectivity index (χ1v) is 7.45. The molecule has 0 amide bonds. The lowest BCUT2D eigenvalue weighted by Crippen LogP contribution is -2.25. The highest BCUT2D eigenvalue weighted by atomic mass is 15.0. The van der Waals surface area contributed by atoms with Gasteiger partial charge in [0.15, 0.2) is 0 Å². The minimum absolute atomic E-state index is 0.510. The van der Waals surface area contributed by atoms with Crippen LogP contribution in [-0.2, 0) is 0 Å². The summed E-state index contributed by atoms with van der Waals surface area (Å²) in [6.07, 6.45) is 5.41. The molecule has 106 valence electrons. The maximum Gasteiger partial charge on any atom is 0.137 e. The van der Waals surface area contributed by atoms with Gasteiger partial charge >= 0.3 is 0 Å². The van der Waals surface area contributed by atoms with Gasteiger partial charge in [0.25, 0.3) is 0 Å². The SMILES string of the molecule is CCC1CCC(Nc2ncnc3cc(N)ccc23)C1C. The van der Waals surface area contributed by atoms with Gasteiger partial charge in [-0.1, -0.05) is 20.3 Å². The number of nitrogen functional groups attached to an aromatic ring is 1. The van der Waals surface area contributed by atoms with E-state index in [0.717, 1.165) is 28.3 Å². The zero-order chi connectivity index (χ0) is 14.1. The van der Waals surface area contributed by atoms with E-state index in [1.54, 1.807) is 6.33 Å². The quantitative estimate of drug-likeness (QED) is 0.838. The van der Waals surface area contributed by atoms with Gasteiger partial charge in [-0.05, 0) is 42.9 Å². The number of rotatable bonds is 3. The molecule has 1 aliphatic carbocycles. The number of anilines is 2. The van der Waals surface area contributed by atoms with Crippen LogP contribution in [0.2, 0.25) is 0 Å². The van der Waals surface area contributed by atoms with Crippen molar-refractivity contribution >= 4 is 22.4 Å². The van der Waals surface area contributed by atoms with E-state index in [-0.39, 0.29) is 0 Å². The molecule has 1 fully saturated rings. The lowest BCUT2D eigenvalue weighted by molar-refractivity contribution is 0.391. The molecule has 4 heteroatoms. The Morgan fingerprint density at radius 2 is 2.15 bits per heavy atom. The summed E-state index contributed by atoms with van der Waals surface area (Å²) in [6, 6.07) is 6.32. The van der Waals surface area contributed by atoms with Crippen LogP contribution in [-0.4, -0.2) is 16.0 Å². The van der Waals surface area contributed by atoms with Crippen LogP contribution < -0.4 is 11.1 Å². The molecule has 0 radical (unpaired) electrons. The summed E-state index contributed by atoms with van der Waals surface area (Å²) in [7, 11) is 0. The van der Waals surface area contributed by atoms with Crippen LogP contribution in [0.5, 0.6) is 0 Å². The third-order valence-corrected chi connectivity index (χ3v) is 4.73. The van der Waals surface area contributed by atoms with E-state index >= 15 is 0 Å². The molecule has 2 aromatic rings. The number of nitrogens with zero attached hydrogens (tertiary/aromatic N) is 2. The molecular formula is C16H22N4. The largest absolute Gasteiger partial charge is 0.399 e. The van der Waals surface area contributed by atoms with E-state index in [9.17, 15) is 0 Å². The first-order chi connectivity index (χ1) is 9.69. The molecule has 0 saturated heterocycles. The zero-order valence-corrected chi connectivity index (χ0v) is 12.1.